The summed E-state index contributed by atoms with van der Waals surface area (Å²) in [4.78, 5) is 18.1. The monoisotopic (exact) mass is 389 g/mol. The molecule has 0 aliphatic carbocycles. The van der Waals surface area contributed by atoms with Gasteiger partial charge in [-0.15, -0.1) is 11.3 Å². The summed E-state index contributed by atoms with van der Waals surface area (Å²) in [5.74, 6) is 1.40. The molecular formula is C21H15N3O3S. The molecule has 0 bridgehead atoms. The first kappa shape index (κ1) is 16.7. The lowest BCUT2D eigenvalue weighted by molar-refractivity contribution is 0.171. The van der Waals surface area contributed by atoms with E-state index in [1.165, 1.54) is 22.3 Å². The normalized spacial score (nSPS) is 13.3. The summed E-state index contributed by atoms with van der Waals surface area (Å²) in [6.45, 7) is 1.07. The predicted molar refractivity (Wildman–Crippen MR) is 110 cm³/mol. The summed E-state index contributed by atoms with van der Waals surface area (Å²) in [6, 6.07) is 15.4. The molecule has 28 heavy (non-hydrogen) atoms. The highest BCUT2D eigenvalue weighted by atomic mass is 32.1. The Kier molecular flexibility index (Phi) is 4.14. The van der Waals surface area contributed by atoms with Crippen molar-refractivity contribution in [2.24, 2.45) is 5.10 Å². The summed E-state index contributed by atoms with van der Waals surface area (Å²) >= 11 is 1.45. The number of hydrogen-bond acceptors (Lipinski definition) is 6. The molecule has 0 spiro atoms. The zero-order chi connectivity index (χ0) is 18.9. The summed E-state index contributed by atoms with van der Waals surface area (Å²) in [6.07, 6.45) is 3.06. The Morgan fingerprint density at radius 3 is 2.75 bits per heavy atom. The van der Waals surface area contributed by atoms with Gasteiger partial charge < -0.3 is 9.47 Å². The van der Waals surface area contributed by atoms with E-state index in [9.17, 15) is 4.79 Å². The molecule has 7 heteroatoms. The van der Waals surface area contributed by atoms with Crippen molar-refractivity contribution in [2.75, 3.05) is 13.2 Å². The topological polar surface area (TPSA) is 65.7 Å². The zero-order valence-electron chi connectivity index (χ0n) is 14.7. The predicted octanol–water partition coefficient (Wildman–Crippen LogP) is 3.78. The van der Waals surface area contributed by atoms with E-state index in [1.807, 2.05) is 53.9 Å². The van der Waals surface area contributed by atoms with Crippen LogP contribution in [0.5, 0.6) is 11.5 Å². The van der Waals surface area contributed by atoms with Crippen molar-refractivity contribution < 1.29 is 9.47 Å². The second-order valence-electron chi connectivity index (χ2n) is 6.24. The third kappa shape index (κ3) is 2.95. The summed E-state index contributed by atoms with van der Waals surface area (Å²) in [5.41, 5.74) is 2.48. The maximum atomic E-state index is 13.0. The molecule has 0 atom stereocenters. The lowest BCUT2D eigenvalue weighted by atomic mass is 10.1. The molecule has 0 N–H and O–H groups in total. The quantitative estimate of drug-likeness (QED) is 0.500. The average Bonchev–Trinajstić information content (AvgIpc) is 3.19. The molecule has 4 aromatic rings. The molecule has 138 valence electrons. The lowest BCUT2D eigenvalue weighted by Gasteiger charge is -2.18. The highest BCUT2D eigenvalue weighted by Crippen LogP contribution is 2.31. The van der Waals surface area contributed by atoms with Crippen molar-refractivity contribution in [3.63, 3.8) is 0 Å². The summed E-state index contributed by atoms with van der Waals surface area (Å²) in [5, 5.41) is 6.86. The maximum Gasteiger partial charge on any atom is 0.283 e. The van der Waals surface area contributed by atoms with Crippen LogP contribution in [0.1, 0.15) is 5.56 Å². The summed E-state index contributed by atoms with van der Waals surface area (Å²) in [7, 11) is 0. The van der Waals surface area contributed by atoms with E-state index in [1.54, 1.807) is 6.21 Å². The van der Waals surface area contributed by atoms with Gasteiger partial charge in [-0.05, 0) is 29.3 Å². The maximum absolute atomic E-state index is 13.0. The van der Waals surface area contributed by atoms with E-state index >= 15 is 0 Å². The van der Waals surface area contributed by atoms with Crippen LogP contribution in [0, 0.1) is 0 Å². The average molecular weight is 389 g/mol. The van der Waals surface area contributed by atoms with Gasteiger partial charge in [0.05, 0.1) is 11.6 Å². The van der Waals surface area contributed by atoms with Crippen LogP contribution < -0.4 is 15.0 Å². The number of rotatable bonds is 3. The molecule has 0 saturated carbocycles. The van der Waals surface area contributed by atoms with Crippen LogP contribution in [-0.4, -0.2) is 29.1 Å². The van der Waals surface area contributed by atoms with Crippen molar-refractivity contribution >= 4 is 27.8 Å². The molecule has 0 unspecified atom stereocenters. The van der Waals surface area contributed by atoms with Gasteiger partial charge in [-0.25, -0.2) is 4.98 Å². The van der Waals surface area contributed by atoms with E-state index < -0.39 is 0 Å². The molecule has 2 aromatic carbocycles. The Hall–Kier alpha value is -3.45. The first-order valence-electron chi connectivity index (χ1n) is 8.78. The fraction of sp³-hybridized carbons (Fsp3) is 0.0952. The molecule has 5 rings (SSSR count). The van der Waals surface area contributed by atoms with Gasteiger partial charge in [0.25, 0.3) is 5.56 Å². The minimum atomic E-state index is -0.195. The third-order valence-corrected chi connectivity index (χ3v) is 5.35. The first-order chi connectivity index (χ1) is 13.8. The number of ether oxygens (including phenoxy) is 2. The van der Waals surface area contributed by atoms with Crippen molar-refractivity contribution in [2.45, 2.75) is 0 Å². The molecule has 0 radical (unpaired) electrons. The number of benzene rings is 2. The highest BCUT2D eigenvalue weighted by Gasteiger charge is 2.13. The number of aromatic nitrogens is 2. The standard InChI is InChI=1S/C21H15N3O3S/c25-21-19-16(15-4-2-1-3-5-15)12-28-20(19)22-13-24(21)23-11-14-6-7-17-18(10-14)27-9-8-26-17/h1-7,10-13H,8-9H2/b23-11-. The van der Waals surface area contributed by atoms with E-state index in [0.717, 1.165) is 22.4 Å². The molecular weight excluding hydrogens is 374 g/mol. The molecule has 2 aromatic heterocycles. The number of fused-ring (bicyclic) bond motifs is 2. The second kappa shape index (κ2) is 6.94. The zero-order valence-corrected chi connectivity index (χ0v) is 15.6. The molecule has 3 heterocycles. The molecule has 0 amide bonds. The van der Waals surface area contributed by atoms with Gasteiger partial charge in [-0.3, -0.25) is 4.79 Å². The van der Waals surface area contributed by atoms with Gasteiger partial charge in [0.1, 0.15) is 24.4 Å². The van der Waals surface area contributed by atoms with Crippen LogP contribution in [-0.2, 0) is 0 Å². The molecule has 0 saturated heterocycles. The first-order valence-corrected chi connectivity index (χ1v) is 9.66. The van der Waals surface area contributed by atoms with Crippen LogP contribution in [0.4, 0.5) is 0 Å². The van der Waals surface area contributed by atoms with Gasteiger partial charge in [0.15, 0.2) is 11.5 Å². The van der Waals surface area contributed by atoms with Crippen LogP contribution in [0.2, 0.25) is 0 Å². The lowest BCUT2D eigenvalue weighted by Crippen LogP contribution is -2.17. The Balaban J connectivity index is 1.54. The fourth-order valence-electron chi connectivity index (χ4n) is 3.11. The van der Waals surface area contributed by atoms with Gasteiger partial charge in [-0.2, -0.15) is 9.78 Å². The molecule has 6 nitrogen and oxygen atoms in total. The Labute approximate surface area is 164 Å². The minimum absolute atomic E-state index is 0.195. The van der Waals surface area contributed by atoms with Gasteiger partial charge >= 0.3 is 0 Å². The highest BCUT2D eigenvalue weighted by molar-refractivity contribution is 7.17. The SMILES string of the molecule is O=c1c2c(-c3ccccc3)csc2ncn1/N=C\c1ccc2c(c1)OCCO2. The van der Waals surface area contributed by atoms with E-state index in [-0.39, 0.29) is 5.56 Å². The second-order valence-corrected chi connectivity index (χ2v) is 7.10. The molecule has 0 fully saturated rings. The van der Waals surface area contributed by atoms with E-state index in [0.29, 0.717) is 29.2 Å². The van der Waals surface area contributed by atoms with E-state index in [2.05, 4.69) is 10.1 Å². The Bertz CT molecular complexity index is 1240. The van der Waals surface area contributed by atoms with Crippen LogP contribution >= 0.6 is 11.3 Å². The third-order valence-electron chi connectivity index (χ3n) is 4.46. The Morgan fingerprint density at radius 1 is 1.07 bits per heavy atom. The Morgan fingerprint density at radius 2 is 1.89 bits per heavy atom. The number of hydrogen-bond donors (Lipinski definition) is 0. The van der Waals surface area contributed by atoms with Crippen LogP contribution in [0.25, 0.3) is 21.3 Å². The van der Waals surface area contributed by atoms with Gasteiger partial charge in [0, 0.05) is 10.9 Å². The molecule has 1 aliphatic heterocycles. The van der Waals surface area contributed by atoms with Crippen LogP contribution in [0.3, 0.4) is 0 Å². The minimum Gasteiger partial charge on any atom is -0.486 e. The van der Waals surface area contributed by atoms with Crippen molar-refractivity contribution in [1.82, 2.24) is 9.66 Å². The van der Waals surface area contributed by atoms with Crippen molar-refractivity contribution in [3.8, 4) is 22.6 Å². The van der Waals surface area contributed by atoms with Gasteiger partial charge in [0.2, 0.25) is 0 Å². The van der Waals surface area contributed by atoms with Crippen LogP contribution in [0.15, 0.2) is 70.1 Å². The van der Waals surface area contributed by atoms with Gasteiger partial charge in [-0.1, -0.05) is 30.3 Å². The largest absolute Gasteiger partial charge is 0.486 e. The van der Waals surface area contributed by atoms with E-state index in [4.69, 9.17) is 9.47 Å². The van der Waals surface area contributed by atoms with Crippen molar-refractivity contribution in [1.29, 1.82) is 0 Å². The summed E-state index contributed by atoms with van der Waals surface area (Å²) < 4.78 is 12.4. The smallest absolute Gasteiger partial charge is 0.283 e. The molecule has 1 aliphatic rings. The fourth-order valence-corrected chi connectivity index (χ4v) is 4.01. The number of nitrogens with zero attached hydrogens (tertiary/aromatic N) is 3. The number of thiophene rings is 1. The van der Waals surface area contributed by atoms with Crippen molar-refractivity contribution in [3.05, 3.63) is 76.2 Å².